The number of pyridine rings is 2. The third kappa shape index (κ3) is 4.38. The zero-order valence-electron chi connectivity index (χ0n) is 15.8. The summed E-state index contributed by atoms with van der Waals surface area (Å²) in [4.78, 5) is 31.2. The van der Waals surface area contributed by atoms with Crippen molar-refractivity contribution in [3.8, 4) is 11.1 Å². The van der Waals surface area contributed by atoms with Crippen LogP contribution >= 0.6 is 11.6 Å². The highest BCUT2D eigenvalue weighted by molar-refractivity contribution is 6.30. The molecule has 1 saturated carbocycles. The average Bonchev–Trinajstić information content (AvgIpc) is 3.50. The van der Waals surface area contributed by atoms with Crippen molar-refractivity contribution in [2.75, 3.05) is 5.32 Å². The first kappa shape index (κ1) is 19.3. The molecule has 1 aliphatic carbocycles. The van der Waals surface area contributed by atoms with E-state index in [2.05, 4.69) is 15.3 Å². The lowest BCUT2D eigenvalue weighted by atomic mass is 10.0. The lowest BCUT2D eigenvalue weighted by Gasteiger charge is -2.14. The molecule has 0 radical (unpaired) electrons. The highest BCUT2D eigenvalue weighted by atomic mass is 35.5. The first-order valence-corrected chi connectivity index (χ1v) is 9.72. The van der Waals surface area contributed by atoms with Gasteiger partial charge in [0.15, 0.2) is 0 Å². The number of benzene rings is 1. The van der Waals surface area contributed by atoms with Crippen molar-refractivity contribution in [3.63, 3.8) is 0 Å². The molecular formula is C22H19ClFN3O2. The van der Waals surface area contributed by atoms with Crippen molar-refractivity contribution in [2.24, 2.45) is 0 Å². The molecule has 0 unspecified atom stereocenters. The molecule has 2 heterocycles. The molecule has 148 valence electrons. The minimum Gasteiger partial charge on any atom is -0.354 e. The summed E-state index contributed by atoms with van der Waals surface area (Å²) in [6.45, 7) is 1.51. The predicted molar refractivity (Wildman–Crippen MR) is 111 cm³/mol. The smallest absolute Gasteiger partial charge is 0.256 e. The van der Waals surface area contributed by atoms with E-state index in [-0.39, 0.29) is 34.8 Å². The van der Waals surface area contributed by atoms with Crippen molar-refractivity contribution in [3.05, 3.63) is 75.2 Å². The summed E-state index contributed by atoms with van der Waals surface area (Å²) in [6, 6.07) is 9.37. The molecule has 0 aliphatic heterocycles. The number of nitrogens with zero attached hydrogens (tertiary/aromatic N) is 1. The van der Waals surface area contributed by atoms with Crippen LogP contribution in [0.15, 0.2) is 47.4 Å². The molecule has 0 bridgehead atoms. The van der Waals surface area contributed by atoms with Crippen LogP contribution in [0.2, 0.25) is 5.02 Å². The number of rotatable bonds is 6. The Morgan fingerprint density at radius 3 is 2.76 bits per heavy atom. The van der Waals surface area contributed by atoms with Crippen LogP contribution in [0.4, 0.5) is 15.8 Å². The van der Waals surface area contributed by atoms with Gasteiger partial charge in [-0.05, 0) is 56.2 Å². The summed E-state index contributed by atoms with van der Waals surface area (Å²) in [5.74, 6) is -0.226. The molecule has 1 aromatic carbocycles. The van der Waals surface area contributed by atoms with Gasteiger partial charge in [0.05, 0.1) is 11.3 Å². The Bertz CT molecular complexity index is 1160. The minimum absolute atomic E-state index is 0.0241. The molecule has 0 atom stereocenters. The van der Waals surface area contributed by atoms with Crippen molar-refractivity contribution in [1.29, 1.82) is 0 Å². The van der Waals surface area contributed by atoms with Gasteiger partial charge >= 0.3 is 0 Å². The van der Waals surface area contributed by atoms with Gasteiger partial charge in [0.1, 0.15) is 11.6 Å². The number of anilines is 2. The van der Waals surface area contributed by atoms with Gasteiger partial charge in [-0.1, -0.05) is 11.6 Å². The Hall–Kier alpha value is -2.99. The third-order valence-electron chi connectivity index (χ3n) is 4.80. The SMILES string of the molecule is CC(=O)Cc1cc(Nc2cc(-c3cc(Cl)ccc3F)c(=O)[nH]c2C2CC2)ccn1. The van der Waals surface area contributed by atoms with Crippen LogP contribution in [0.1, 0.15) is 37.1 Å². The molecule has 1 fully saturated rings. The van der Waals surface area contributed by atoms with Gasteiger partial charge in [-0.25, -0.2) is 4.39 Å². The number of Topliss-reactive ketones (excluding diaryl/α,β-unsaturated/α-hetero) is 1. The third-order valence-corrected chi connectivity index (χ3v) is 5.04. The molecule has 5 nitrogen and oxygen atoms in total. The van der Waals surface area contributed by atoms with E-state index in [1.165, 1.54) is 25.1 Å². The van der Waals surface area contributed by atoms with Crippen LogP contribution in [-0.4, -0.2) is 15.8 Å². The predicted octanol–water partition coefficient (Wildman–Crippen LogP) is 4.98. The molecule has 0 saturated heterocycles. The maximum atomic E-state index is 14.4. The summed E-state index contributed by atoms with van der Waals surface area (Å²) in [7, 11) is 0. The fraction of sp³-hybridized carbons (Fsp3) is 0.227. The molecular weight excluding hydrogens is 393 g/mol. The van der Waals surface area contributed by atoms with Gasteiger partial charge < -0.3 is 10.3 Å². The molecule has 3 aromatic rings. The summed E-state index contributed by atoms with van der Waals surface area (Å²) in [5.41, 5.74) is 2.88. The van der Waals surface area contributed by atoms with Gasteiger partial charge in [-0.3, -0.25) is 14.6 Å². The molecule has 0 amide bonds. The number of halogens is 2. The normalized spacial score (nSPS) is 13.3. The Kier molecular flexibility index (Phi) is 5.20. The molecule has 2 aromatic heterocycles. The van der Waals surface area contributed by atoms with Gasteiger partial charge in [-0.15, -0.1) is 0 Å². The number of nitrogens with one attached hydrogen (secondary N) is 2. The van der Waals surface area contributed by atoms with E-state index in [1.807, 2.05) is 0 Å². The van der Waals surface area contributed by atoms with Crippen LogP contribution < -0.4 is 10.9 Å². The monoisotopic (exact) mass is 411 g/mol. The van der Waals surface area contributed by atoms with Crippen LogP contribution in [0.25, 0.3) is 11.1 Å². The van der Waals surface area contributed by atoms with Crippen molar-refractivity contribution < 1.29 is 9.18 Å². The van der Waals surface area contributed by atoms with Crippen LogP contribution in [0, 0.1) is 5.82 Å². The standard InChI is InChI=1S/C22H19ClFN3O2/c1-12(28)8-16-10-15(6-7-25-16)26-20-11-18(17-9-14(23)4-5-19(17)24)22(29)27-21(20)13-2-3-13/h4-7,9-11,13H,2-3,8H2,1H3,(H,25,26)(H,27,29). The summed E-state index contributed by atoms with van der Waals surface area (Å²) >= 11 is 6.01. The summed E-state index contributed by atoms with van der Waals surface area (Å²) in [6.07, 6.45) is 3.85. The van der Waals surface area contributed by atoms with Crippen LogP contribution in [0.3, 0.4) is 0 Å². The lowest BCUT2D eigenvalue weighted by molar-refractivity contribution is -0.116. The van der Waals surface area contributed by atoms with Gasteiger partial charge in [-0.2, -0.15) is 0 Å². The molecule has 1 aliphatic rings. The zero-order valence-corrected chi connectivity index (χ0v) is 16.5. The van der Waals surface area contributed by atoms with Crippen molar-refractivity contribution >= 4 is 28.8 Å². The number of aromatic amines is 1. The Morgan fingerprint density at radius 1 is 1.24 bits per heavy atom. The quantitative estimate of drug-likeness (QED) is 0.599. The van der Waals surface area contributed by atoms with Crippen LogP contribution in [0.5, 0.6) is 0 Å². The number of aromatic nitrogens is 2. The van der Waals surface area contributed by atoms with Gasteiger partial charge in [0.25, 0.3) is 5.56 Å². The van der Waals surface area contributed by atoms with Crippen molar-refractivity contribution in [2.45, 2.75) is 32.1 Å². The second-order valence-electron chi connectivity index (χ2n) is 7.28. The maximum absolute atomic E-state index is 14.4. The fourth-order valence-electron chi connectivity index (χ4n) is 3.31. The fourth-order valence-corrected chi connectivity index (χ4v) is 3.48. The summed E-state index contributed by atoms with van der Waals surface area (Å²) < 4.78 is 14.4. The largest absolute Gasteiger partial charge is 0.354 e. The van der Waals surface area contributed by atoms with E-state index in [0.29, 0.717) is 16.4 Å². The Morgan fingerprint density at radius 2 is 2.03 bits per heavy atom. The first-order valence-electron chi connectivity index (χ1n) is 9.35. The van der Waals surface area contributed by atoms with Crippen molar-refractivity contribution in [1.82, 2.24) is 9.97 Å². The van der Waals surface area contributed by atoms with Gasteiger partial charge in [0.2, 0.25) is 0 Å². The van der Waals surface area contributed by atoms with E-state index in [0.717, 1.165) is 24.2 Å². The molecule has 4 rings (SSSR count). The van der Waals surface area contributed by atoms with E-state index in [4.69, 9.17) is 11.6 Å². The molecule has 0 spiro atoms. The highest BCUT2D eigenvalue weighted by Crippen LogP contribution is 2.43. The minimum atomic E-state index is -0.516. The number of hydrogen-bond acceptors (Lipinski definition) is 4. The number of carbonyl (C=O) groups is 1. The van der Waals surface area contributed by atoms with E-state index in [9.17, 15) is 14.0 Å². The second kappa shape index (κ2) is 7.79. The maximum Gasteiger partial charge on any atom is 0.256 e. The van der Waals surface area contributed by atoms with E-state index < -0.39 is 5.82 Å². The second-order valence-corrected chi connectivity index (χ2v) is 7.71. The van der Waals surface area contributed by atoms with Crippen LogP contribution in [-0.2, 0) is 11.2 Å². The average molecular weight is 412 g/mol. The number of ketones is 1. The number of hydrogen-bond donors (Lipinski definition) is 2. The number of carbonyl (C=O) groups excluding carboxylic acids is 1. The lowest BCUT2D eigenvalue weighted by Crippen LogP contribution is -2.14. The van der Waals surface area contributed by atoms with E-state index in [1.54, 1.807) is 24.4 Å². The topological polar surface area (TPSA) is 74.8 Å². The summed E-state index contributed by atoms with van der Waals surface area (Å²) in [5, 5.41) is 3.65. The van der Waals surface area contributed by atoms with E-state index >= 15 is 0 Å². The Balaban J connectivity index is 1.77. The zero-order chi connectivity index (χ0) is 20.5. The molecule has 7 heteroatoms. The first-order chi connectivity index (χ1) is 13.9. The highest BCUT2D eigenvalue weighted by Gasteiger charge is 2.28. The molecule has 2 N–H and O–H groups in total. The number of H-pyrrole nitrogens is 1. The Labute approximate surface area is 172 Å². The van der Waals surface area contributed by atoms with Gasteiger partial charge in [0, 0.05) is 46.2 Å². The molecule has 29 heavy (non-hydrogen) atoms.